The van der Waals surface area contributed by atoms with Crippen LogP contribution in [0.3, 0.4) is 0 Å². The van der Waals surface area contributed by atoms with Crippen LogP contribution in [-0.4, -0.2) is 49.7 Å². The molecular formula is C17H25FN2O2. The highest BCUT2D eigenvalue weighted by Crippen LogP contribution is 2.08. The second-order valence-electron chi connectivity index (χ2n) is 5.69. The van der Waals surface area contributed by atoms with Crippen LogP contribution in [0.4, 0.5) is 4.39 Å². The Morgan fingerprint density at radius 3 is 3.00 bits per heavy atom. The highest BCUT2D eigenvalue weighted by molar-refractivity contribution is 5.76. The fraction of sp³-hybridized carbons (Fsp3) is 0.588. The molecule has 1 heterocycles. The molecule has 1 N–H and O–H groups in total. The van der Waals surface area contributed by atoms with Gasteiger partial charge in [0.15, 0.2) is 0 Å². The number of nitrogens with zero attached hydrogens (tertiary/aromatic N) is 1. The molecular weight excluding hydrogens is 283 g/mol. The van der Waals surface area contributed by atoms with Gasteiger partial charge >= 0.3 is 0 Å². The molecule has 1 aliphatic heterocycles. The van der Waals surface area contributed by atoms with Crippen LogP contribution < -0.4 is 5.32 Å². The van der Waals surface area contributed by atoms with E-state index in [0.29, 0.717) is 32.6 Å². The van der Waals surface area contributed by atoms with Crippen LogP contribution in [0.1, 0.15) is 25.3 Å². The van der Waals surface area contributed by atoms with Gasteiger partial charge in [-0.2, -0.15) is 0 Å². The third-order valence-electron chi connectivity index (χ3n) is 3.83. The van der Waals surface area contributed by atoms with Crippen LogP contribution in [0, 0.1) is 5.82 Å². The predicted molar refractivity (Wildman–Crippen MR) is 84.2 cm³/mol. The Balaban J connectivity index is 1.86. The maximum Gasteiger partial charge on any atom is 0.224 e. The molecule has 1 fully saturated rings. The molecule has 0 spiro atoms. The Labute approximate surface area is 131 Å². The molecule has 0 saturated carbocycles. The van der Waals surface area contributed by atoms with E-state index in [9.17, 15) is 9.18 Å². The van der Waals surface area contributed by atoms with Gasteiger partial charge in [0.1, 0.15) is 5.82 Å². The second kappa shape index (κ2) is 8.86. The maximum atomic E-state index is 13.2. The van der Waals surface area contributed by atoms with E-state index < -0.39 is 0 Å². The smallest absolute Gasteiger partial charge is 0.224 e. The van der Waals surface area contributed by atoms with Crippen molar-refractivity contribution in [1.29, 1.82) is 0 Å². The molecule has 5 heteroatoms. The third kappa shape index (κ3) is 5.39. The summed E-state index contributed by atoms with van der Waals surface area (Å²) in [5.41, 5.74) is 0.924. The monoisotopic (exact) mass is 308 g/mol. The van der Waals surface area contributed by atoms with Crippen molar-refractivity contribution in [3.8, 4) is 0 Å². The molecule has 1 aromatic rings. The highest BCUT2D eigenvalue weighted by Gasteiger charge is 2.20. The van der Waals surface area contributed by atoms with Crippen molar-refractivity contribution in [3.05, 3.63) is 35.6 Å². The van der Waals surface area contributed by atoms with Gasteiger partial charge in [-0.15, -0.1) is 0 Å². The number of halogens is 1. The first kappa shape index (κ1) is 16.9. The van der Waals surface area contributed by atoms with Gasteiger partial charge in [0, 0.05) is 32.1 Å². The minimum atomic E-state index is -0.227. The van der Waals surface area contributed by atoms with E-state index in [4.69, 9.17) is 4.74 Å². The lowest BCUT2D eigenvalue weighted by atomic mass is 10.1. The van der Waals surface area contributed by atoms with Crippen LogP contribution in [0.25, 0.3) is 0 Å². The lowest BCUT2D eigenvalue weighted by Crippen LogP contribution is -2.45. The zero-order valence-corrected chi connectivity index (χ0v) is 13.2. The third-order valence-corrected chi connectivity index (χ3v) is 3.83. The van der Waals surface area contributed by atoms with Gasteiger partial charge < -0.3 is 15.0 Å². The normalized spacial score (nSPS) is 18.2. The molecule has 1 saturated heterocycles. The molecule has 2 rings (SSSR count). The molecule has 122 valence electrons. The number of amides is 1. The first-order valence-corrected chi connectivity index (χ1v) is 8.02. The Bertz CT molecular complexity index is 475. The van der Waals surface area contributed by atoms with Crippen molar-refractivity contribution < 1.29 is 13.9 Å². The fourth-order valence-electron chi connectivity index (χ4n) is 2.68. The molecule has 0 aliphatic carbocycles. The van der Waals surface area contributed by atoms with Crippen LogP contribution in [0.2, 0.25) is 0 Å². The van der Waals surface area contributed by atoms with Gasteiger partial charge in [-0.3, -0.25) is 4.79 Å². The largest absolute Gasteiger partial charge is 0.378 e. The number of carbonyl (C=O) groups excluding carboxylic acids is 1. The van der Waals surface area contributed by atoms with E-state index in [-0.39, 0.29) is 17.8 Å². The molecule has 0 aromatic heterocycles. The zero-order valence-electron chi connectivity index (χ0n) is 13.2. The summed E-state index contributed by atoms with van der Waals surface area (Å²) in [6.45, 7) is 5.53. The van der Waals surface area contributed by atoms with E-state index >= 15 is 0 Å². The van der Waals surface area contributed by atoms with Crippen LogP contribution in [0.15, 0.2) is 24.3 Å². The first-order chi connectivity index (χ1) is 10.7. The van der Waals surface area contributed by atoms with E-state index in [2.05, 4.69) is 12.2 Å². The Morgan fingerprint density at radius 1 is 1.45 bits per heavy atom. The summed E-state index contributed by atoms with van der Waals surface area (Å²) in [6, 6.07) is 6.68. The molecule has 4 nitrogen and oxygen atoms in total. The quantitative estimate of drug-likeness (QED) is 0.837. The first-order valence-electron chi connectivity index (χ1n) is 8.02. The molecule has 1 amide bonds. The van der Waals surface area contributed by atoms with E-state index in [1.54, 1.807) is 6.07 Å². The van der Waals surface area contributed by atoms with Gasteiger partial charge in [0.2, 0.25) is 5.91 Å². The highest BCUT2D eigenvalue weighted by atomic mass is 19.1. The minimum absolute atomic E-state index is 0.106. The average molecular weight is 308 g/mol. The van der Waals surface area contributed by atoms with Gasteiger partial charge in [0.05, 0.1) is 13.2 Å². The summed E-state index contributed by atoms with van der Waals surface area (Å²) >= 11 is 0. The van der Waals surface area contributed by atoms with E-state index in [1.807, 2.05) is 11.0 Å². The number of ether oxygens (including phenoxy) is 1. The minimum Gasteiger partial charge on any atom is -0.378 e. The number of hydrogen-bond donors (Lipinski definition) is 1. The lowest BCUT2D eigenvalue weighted by Gasteiger charge is -2.27. The van der Waals surface area contributed by atoms with E-state index in [1.165, 1.54) is 12.1 Å². The van der Waals surface area contributed by atoms with E-state index in [0.717, 1.165) is 25.1 Å². The van der Waals surface area contributed by atoms with Crippen molar-refractivity contribution in [2.24, 2.45) is 0 Å². The number of morpholine rings is 1. The van der Waals surface area contributed by atoms with Gasteiger partial charge in [-0.05, 0) is 30.5 Å². The van der Waals surface area contributed by atoms with Gasteiger partial charge in [0.25, 0.3) is 0 Å². The summed E-state index contributed by atoms with van der Waals surface area (Å²) < 4.78 is 18.6. The number of nitrogens with one attached hydrogen (secondary N) is 1. The molecule has 1 aromatic carbocycles. The number of carbonyl (C=O) groups is 1. The van der Waals surface area contributed by atoms with Crippen LogP contribution >= 0.6 is 0 Å². The molecule has 1 atom stereocenters. The topological polar surface area (TPSA) is 41.6 Å². The Hall–Kier alpha value is -1.46. The molecule has 0 radical (unpaired) electrons. The second-order valence-corrected chi connectivity index (χ2v) is 5.69. The number of benzene rings is 1. The summed E-state index contributed by atoms with van der Waals surface area (Å²) in [4.78, 5) is 14.3. The average Bonchev–Trinajstić information content (AvgIpc) is 2.52. The molecule has 22 heavy (non-hydrogen) atoms. The van der Waals surface area contributed by atoms with Crippen molar-refractivity contribution in [3.63, 3.8) is 0 Å². The van der Waals surface area contributed by atoms with Gasteiger partial charge in [-0.1, -0.05) is 19.1 Å². The van der Waals surface area contributed by atoms with Crippen molar-refractivity contribution in [2.45, 2.75) is 32.2 Å². The van der Waals surface area contributed by atoms with Crippen molar-refractivity contribution in [2.75, 3.05) is 32.8 Å². The van der Waals surface area contributed by atoms with Crippen molar-refractivity contribution in [1.82, 2.24) is 10.2 Å². The number of rotatable bonds is 7. The van der Waals surface area contributed by atoms with Crippen molar-refractivity contribution >= 4 is 5.91 Å². The number of hydrogen-bond acceptors (Lipinski definition) is 3. The predicted octanol–water partition coefficient (Wildman–Crippen LogP) is 1.99. The Morgan fingerprint density at radius 2 is 2.32 bits per heavy atom. The zero-order chi connectivity index (χ0) is 15.8. The molecule has 1 aliphatic rings. The Kier molecular flexibility index (Phi) is 6.80. The standard InChI is InChI=1S/C17H25FN2O2/c1-2-8-20(9-6-14-4-3-5-15(18)11-14)17(21)12-16-13-22-10-7-19-16/h3-5,11,16,19H,2,6-10,12-13H2,1H3. The summed E-state index contributed by atoms with van der Waals surface area (Å²) in [7, 11) is 0. The summed E-state index contributed by atoms with van der Waals surface area (Å²) in [5.74, 6) is -0.0873. The SMILES string of the molecule is CCCN(CCc1cccc(F)c1)C(=O)CC1COCCN1. The lowest BCUT2D eigenvalue weighted by molar-refractivity contribution is -0.132. The van der Waals surface area contributed by atoms with Crippen LogP contribution in [0.5, 0.6) is 0 Å². The molecule has 0 bridgehead atoms. The molecule has 1 unspecified atom stereocenters. The van der Waals surface area contributed by atoms with Gasteiger partial charge in [-0.25, -0.2) is 4.39 Å². The summed E-state index contributed by atoms with van der Waals surface area (Å²) in [6.07, 6.45) is 2.06. The summed E-state index contributed by atoms with van der Waals surface area (Å²) in [5, 5.41) is 3.31. The maximum absolute atomic E-state index is 13.2. The fourth-order valence-corrected chi connectivity index (χ4v) is 2.68. The van der Waals surface area contributed by atoms with Crippen LogP contribution in [-0.2, 0) is 16.0 Å².